The lowest BCUT2D eigenvalue weighted by Gasteiger charge is -2.35. The zero-order chi connectivity index (χ0) is 12.6. The van der Waals surface area contributed by atoms with Crippen LogP contribution in [0.1, 0.15) is 38.5 Å². The molecule has 100 valence electrons. The van der Waals surface area contributed by atoms with E-state index >= 15 is 0 Å². The fourth-order valence-corrected chi connectivity index (χ4v) is 4.67. The summed E-state index contributed by atoms with van der Waals surface area (Å²) in [6.45, 7) is 4.27. The number of carbonyl (C=O) groups is 1. The normalized spacial score (nSPS) is 40.8. The van der Waals surface area contributed by atoms with Gasteiger partial charge in [-0.1, -0.05) is 13.0 Å². The smallest absolute Gasteiger partial charge is 0.330 e. The molecule has 0 saturated heterocycles. The molecule has 0 amide bonds. The third-order valence-corrected chi connectivity index (χ3v) is 5.28. The highest BCUT2D eigenvalue weighted by Gasteiger charge is 2.59. The minimum atomic E-state index is -0.356. The molecule has 3 nitrogen and oxygen atoms in total. The summed E-state index contributed by atoms with van der Waals surface area (Å²) in [5, 5.41) is 0. The quantitative estimate of drug-likeness (QED) is 0.427. The average molecular weight is 250 g/mol. The number of hydrogen-bond acceptors (Lipinski definition) is 3. The molecule has 2 bridgehead atoms. The van der Waals surface area contributed by atoms with E-state index < -0.39 is 0 Å². The lowest BCUT2D eigenvalue weighted by molar-refractivity contribution is -0.143. The summed E-state index contributed by atoms with van der Waals surface area (Å²) in [5.41, 5.74) is 0.131. The predicted molar refractivity (Wildman–Crippen MR) is 68.0 cm³/mol. The Morgan fingerprint density at radius 3 is 3.06 bits per heavy atom. The van der Waals surface area contributed by atoms with Crippen LogP contribution >= 0.6 is 0 Å². The Hall–Kier alpha value is -0.830. The molecule has 4 atom stereocenters. The van der Waals surface area contributed by atoms with Gasteiger partial charge in [-0.3, -0.25) is 0 Å². The predicted octanol–water partition coefficient (Wildman–Crippen LogP) is 2.70. The number of fused-ring (bicyclic) bond motifs is 5. The van der Waals surface area contributed by atoms with Crippen LogP contribution < -0.4 is 0 Å². The Labute approximate surface area is 109 Å². The van der Waals surface area contributed by atoms with Gasteiger partial charge >= 0.3 is 5.97 Å². The van der Waals surface area contributed by atoms with Crippen molar-refractivity contribution in [2.45, 2.75) is 44.1 Å². The second-order valence-electron chi connectivity index (χ2n) is 5.99. The van der Waals surface area contributed by atoms with Gasteiger partial charge in [-0.25, -0.2) is 4.79 Å². The molecule has 3 aliphatic rings. The molecule has 0 N–H and O–H groups in total. The molecule has 0 heterocycles. The SMILES string of the molecule is C=CC(=O)OCCOC12CCC(C1)C1CCCC12. The highest BCUT2D eigenvalue weighted by atomic mass is 16.6. The molecule has 0 radical (unpaired) electrons. The number of rotatable bonds is 5. The van der Waals surface area contributed by atoms with E-state index in [9.17, 15) is 4.79 Å². The Balaban J connectivity index is 1.52. The average Bonchev–Trinajstić information content (AvgIpc) is 3.05. The molecule has 18 heavy (non-hydrogen) atoms. The lowest BCUT2D eigenvalue weighted by Crippen LogP contribution is -2.38. The molecule has 3 fully saturated rings. The fraction of sp³-hybridized carbons (Fsp3) is 0.800. The van der Waals surface area contributed by atoms with Crippen molar-refractivity contribution in [1.29, 1.82) is 0 Å². The van der Waals surface area contributed by atoms with E-state index in [0.29, 0.717) is 13.2 Å². The van der Waals surface area contributed by atoms with Gasteiger partial charge in [0.2, 0.25) is 0 Å². The van der Waals surface area contributed by atoms with Crippen molar-refractivity contribution in [3.8, 4) is 0 Å². The van der Waals surface area contributed by atoms with Gasteiger partial charge in [-0.2, -0.15) is 0 Å². The minimum absolute atomic E-state index is 0.131. The van der Waals surface area contributed by atoms with Crippen LogP contribution in [0.5, 0.6) is 0 Å². The van der Waals surface area contributed by atoms with Crippen molar-refractivity contribution >= 4 is 5.97 Å². The molecular weight excluding hydrogens is 228 g/mol. The molecule has 3 aliphatic carbocycles. The van der Waals surface area contributed by atoms with Gasteiger partial charge in [0, 0.05) is 6.08 Å². The topological polar surface area (TPSA) is 35.5 Å². The Morgan fingerprint density at radius 1 is 1.33 bits per heavy atom. The number of carbonyl (C=O) groups excluding carboxylic acids is 1. The first kappa shape index (κ1) is 12.2. The fourth-order valence-electron chi connectivity index (χ4n) is 4.67. The largest absolute Gasteiger partial charge is 0.460 e. The molecule has 3 rings (SSSR count). The standard InChI is InChI=1S/C15H22O3/c1-2-14(16)17-8-9-18-15-7-6-11(10-15)12-4-3-5-13(12)15/h2,11-13H,1,3-10H2. The van der Waals surface area contributed by atoms with E-state index in [1.165, 1.54) is 44.6 Å². The van der Waals surface area contributed by atoms with Gasteiger partial charge in [-0.05, 0) is 49.9 Å². The summed E-state index contributed by atoms with van der Waals surface area (Å²) in [6.07, 6.45) is 9.13. The van der Waals surface area contributed by atoms with Gasteiger partial charge in [0.1, 0.15) is 6.61 Å². The van der Waals surface area contributed by atoms with Crippen LogP contribution in [0, 0.1) is 17.8 Å². The Kier molecular flexibility index (Phi) is 3.18. The molecular formula is C15H22O3. The highest BCUT2D eigenvalue weighted by molar-refractivity contribution is 5.81. The van der Waals surface area contributed by atoms with Crippen LogP contribution in [0.15, 0.2) is 12.7 Å². The van der Waals surface area contributed by atoms with Crippen LogP contribution in [0.2, 0.25) is 0 Å². The van der Waals surface area contributed by atoms with E-state index in [0.717, 1.165) is 17.8 Å². The molecule has 3 heteroatoms. The Bertz CT molecular complexity index is 352. The summed E-state index contributed by atoms with van der Waals surface area (Å²) < 4.78 is 11.2. The second-order valence-corrected chi connectivity index (χ2v) is 5.99. The van der Waals surface area contributed by atoms with Crippen LogP contribution in [0.3, 0.4) is 0 Å². The van der Waals surface area contributed by atoms with E-state index in [2.05, 4.69) is 6.58 Å². The molecule has 3 saturated carbocycles. The molecule has 4 unspecified atom stereocenters. The maximum absolute atomic E-state index is 11.0. The first-order chi connectivity index (χ1) is 8.75. The van der Waals surface area contributed by atoms with E-state index in [1.807, 2.05) is 0 Å². The molecule has 0 aliphatic heterocycles. The summed E-state index contributed by atoms with van der Waals surface area (Å²) in [5.74, 6) is 2.26. The highest BCUT2D eigenvalue weighted by Crippen LogP contribution is 2.62. The van der Waals surface area contributed by atoms with Crippen molar-refractivity contribution in [3.05, 3.63) is 12.7 Å². The van der Waals surface area contributed by atoms with Crippen molar-refractivity contribution in [1.82, 2.24) is 0 Å². The third kappa shape index (κ3) is 1.89. The molecule has 0 spiro atoms. The van der Waals surface area contributed by atoms with Crippen LogP contribution in [-0.4, -0.2) is 24.8 Å². The summed E-state index contributed by atoms with van der Waals surface area (Å²) in [7, 11) is 0. The van der Waals surface area contributed by atoms with Gasteiger partial charge < -0.3 is 9.47 Å². The maximum Gasteiger partial charge on any atom is 0.330 e. The van der Waals surface area contributed by atoms with Gasteiger partial charge in [0.15, 0.2) is 0 Å². The Morgan fingerprint density at radius 2 is 2.22 bits per heavy atom. The van der Waals surface area contributed by atoms with Crippen molar-refractivity contribution in [3.63, 3.8) is 0 Å². The van der Waals surface area contributed by atoms with Crippen molar-refractivity contribution in [2.75, 3.05) is 13.2 Å². The van der Waals surface area contributed by atoms with Crippen molar-refractivity contribution in [2.24, 2.45) is 17.8 Å². The van der Waals surface area contributed by atoms with Crippen LogP contribution in [-0.2, 0) is 14.3 Å². The lowest BCUT2D eigenvalue weighted by atomic mass is 9.79. The number of esters is 1. The molecule has 0 aromatic carbocycles. The van der Waals surface area contributed by atoms with E-state index in [4.69, 9.17) is 9.47 Å². The number of ether oxygens (including phenoxy) is 2. The second kappa shape index (κ2) is 4.69. The first-order valence-electron chi connectivity index (χ1n) is 7.18. The summed E-state index contributed by atoms with van der Waals surface area (Å²) in [6, 6.07) is 0. The summed E-state index contributed by atoms with van der Waals surface area (Å²) >= 11 is 0. The summed E-state index contributed by atoms with van der Waals surface area (Å²) in [4.78, 5) is 11.0. The third-order valence-electron chi connectivity index (χ3n) is 5.28. The van der Waals surface area contributed by atoms with Crippen LogP contribution in [0.4, 0.5) is 0 Å². The van der Waals surface area contributed by atoms with Gasteiger partial charge in [0.05, 0.1) is 12.2 Å². The van der Waals surface area contributed by atoms with Crippen molar-refractivity contribution < 1.29 is 14.3 Å². The number of hydrogen-bond donors (Lipinski definition) is 0. The molecule has 0 aromatic rings. The van der Waals surface area contributed by atoms with Gasteiger partial charge in [-0.15, -0.1) is 0 Å². The maximum atomic E-state index is 11.0. The first-order valence-corrected chi connectivity index (χ1v) is 7.18. The van der Waals surface area contributed by atoms with E-state index in [-0.39, 0.29) is 11.6 Å². The minimum Gasteiger partial charge on any atom is -0.460 e. The zero-order valence-corrected chi connectivity index (χ0v) is 10.9. The van der Waals surface area contributed by atoms with E-state index in [1.54, 1.807) is 0 Å². The monoisotopic (exact) mass is 250 g/mol. The van der Waals surface area contributed by atoms with Gasteiger partial charge in [0.25, 0.3) is 0 Å². The van der Waals surface area contributed by atoms with Crippen LogP contribution in [0.25, 0.3) is 0 Å². The molecule has 0 aromatic heterocycles. The zero-order valence-electron chi connectivity index (χ0n) is 10.9.